The van der Waals surface area contributed by atoms with Crippen LogP contribution in [0.15, 0.2) is 58.1 Å². The van der Waals surface area contributed by atoms with Crippen LogP contribution in [0.4, 0.5) is 0 Å². The van der Waals surface area contributed by atoms with E-state index < -0.39 is 11.1 Å². The minimum atomic E-state index is -0.716. The number of halogens is 1. The topological polar surface area (TPSA) is 73.1 Å². The van der Waals surface area contributed by atoms with Gasteiger partial charge in [0.1, 0.15) is 6.54 Å². The molecule has 28 heavy (non-hydrogen) atoms. The lowest BCUT2D eigenvalue weighted by atomic mass is 10.2. The average Bonchev–Trinajstić information content (AvgIpc) is 2.69. The van der Waals surface area contributed by atoms with Crippen LogP contribution < -0.4 is 16.4 Å². The van der Waals surface area contributed by atoms with Crippen LogP contribution in [0.2, 0.25) is 5.02 Å². The van der Waals surface area contributed by atoms with Gasteiger partial charge < -0.3 is 5.32 Å². The Morgan fingerprint density at radius 1 is 1.00 bits per heavy atom. The molecule has 2 aromatic carbocycles. The van der Waals surface area contributed by atoms with E-state index in [-0.39, 0.29) is 25.0 Å². The van der Waals surface area contributed by atoms with E-state index in [2.05, 4.69) is 5.32 Å². The van der Waals surface area contributed by atoms with Crippen LogP contribution >= 0.6 is 11.6 Å². The molecule has 3 rings (SSSR count). The largest absolute Gasteiger partial charge is 0.352 e. The number of benzene rings is 2. The summed E-state index contributed by atoms with van der Waals surface area (Å²) in [6.45, 7) is 3.90. The summed E-state index contributed by atoms with van der Waals surface area (Å²) in [4.78, 5) is 37.9. The van der Waals surface area contributed by atoms with E-state index in [9.17, 15) is 14.4 Å². The Hall–Kier alpha value is -2.86. The van der Waals surface area contributed by atoms with Gasteiger partial charge in [-0.25, -0.2) is 0 Å². The van der Waals surface area contributed by atoms with Crippen LogP contribution in [0.1, 0.15) is 25.8 Å². The molecule has 1 N–H and O–H groups in total. The van der Waals surface area contributed by atoms with Crippen LogP contribution in [-0.2, 0) is 17.9 Å². The predicted molar refractivity (Wildman–Crippen MR) is 111 cm³/mol. The Labute approximate surface area is 167 Å². The zero-order valence-electron chi connectivity index (χ0n) is 15.8. The van der Waals surface area contributed by atoms with Crippen molar-refractivity contribution in [3.8, 4) is 0 Å². The molecule has 7 heteroatoms. The van der Waals surface area contributed by atoms with Crippen molar-refractivity contribution in [3.05, 3.63) is 79.8 Å². The lowest BCUT2D eigenvalue weighted by Gasteiger charge is -2.16. The lowest BCUT2D eigenvalue weighted by Crippen LogP contribution is -2.45. The SMILES string of the molecule is CC[C@H](C)NC(=O)Cn1c(=O)c(=O)n(Cc2ccc(Cl)cc2)c2ccccc21. The van der Waals surface area contributed by atoms with Crippen molar-refractivity contribution in [1.29, 1.82) is 0 Å². The first-order valence-corrected chi connectivity index (χ1v) is 9.54. The maximum Gasteiger partial charge on any atom is 0.317 e. The van der Waals surface area contributed by atoms with E-state index in [0.717, 1.165) is 12.0 Å². The number of amides is 1. The molecule has 1 atom stereocenters. The van der Waals surface area contributed by atoms with Gasteiger partial charge in [0, 0.05) is 11.1 Å². The molecule has 0 saturated carbocycles. The molecule has 0 aliphatic carbocycles. The Morgan fingerprint density at radius 3 is 2.18 bits per heavy atom. The minimum absolute atomic E-state index is 0.000240. The molecule has 146 valence electrons. The quantitative estimate of drug-likeness (QED) is 0.648. The fraction of sp³-hybridized carbons (Fsp3) is 0.286. The van der Waals surface area contributed by atoms with Gasteiger partial charge in [-0.3, -0.25) is 23.5 Å². The summed E-state index contributed by atoms with van der Waals surface area (Å²) >= 11 is 5.92. The number of aromatic nitrogens is 2. The molecule has 0 bridgehead atoms. The highest BCUT2D eigenvalue weighted by molar-refractivity contribution is 6.30. The van der Waals surface area contributed by atoms with Crippen molar-refractivity contribution in [2.75, 3.05) is 0 Å². The molecule has 1 aromatic heterocycles. The first-order valence-electron chi connectivity index (χ1n) is 9.17. The molecule has 0 saturated heterocycles. The molecule has 0 fully saturated rings. The number of fused-ring (bicyclic) bond motifs is 1. The number of nitrogens with zero attached hydrogens (tertiary/aromatic N) is 2. The van der Waals surface area contributed by atoms with Crippen molar-refractivity contribution in [2.45, 2.75) is 39.4 Å². The molecule has 0 spiro atoms. The van der Waals surface area contributed by atoms with E-state index in [1.165, 1.54) is 9.13 Å². The van der Waals surface area contributed by atoms with Crippen molar-refractivity contribution in [1.82, 2.24) is 14.5 Å². The van der Waals surface area contributed by atoms with Gasteiger partial charge in [-0.15, -0.1) is 0 Å². The van der Waals surface area contributed by atoms with Crippen LogP contribution in [0.25, 0.3) is 11.0 Å². The summed E-state index contributed by atoms with van der Waals surface area (Å²) < 4.78 is 2.68. The maximum absolute atomic E-state index is 12.8. The standard InChI is InChI=1S/C21H22ClN3O3/c1-3-14(2)23-19(26)13-25-18-7-5-4-6-17(18)24(20(27)21(25)28)12-15-8-10-16(22)11-9-15/h4-11,14H,3,12-13H2,1-2H3,(H,23,26)/t14-/m0/s1. The van der Waals surface area contributed by atoms with Crippen LogP contribution in [0.5, 0.6) is 0 Å². The zero-order chi connectivity index (χ0) is 20.3. The third kappa shape index (κ3) is 4.17. The van der Waals surface area contributed by atoms with Gasteiger partial charge in [0.2, 0.25) is 5.91 Å². The highest BCUT2D eigenvalue weighted by Crippen LogP contribution is 2.14. The van der Waals surface area contributed by atoms with Gasteiger partial charge in [0.15, 0.2) is 0 Å². The summed E-state index contributed by atoms with van der Waals surface area (Å²) in [5.41, 5.74) is 0.610. The molecular weight excluding hydrogens is 378 g/mol. The monoisotopic (exact) mass is 399 g/mol. The number of para-hydroxylation sites is 2. The summed E-state index contributed by atoms with van der Waals surface area (Å²) in [6.07, 6.45) is 0.782. The van der Waals surface area contributed by atoms with Gasteiger partial charge in [0.05, 0.1) is 17.6 Å². The zero-order valence-corrected chi connectivity index (χ0v) is 16.6. The summed E-state index contributed by atoms with van der Waals surface area (Å²) in [7, 11) is 0. The molecule has 3 aromatic rings. The minimum Gasteiger partial charge on any atom is -0.352 e. The molecule has 0 radical (unpaired) electrons. The molecule has 0 aliphatic rings. The summed E-state index contributed by atoms with van der Waals surface area (Å²) in [5, 5.41) is 3.43. The van der Waals surface area contributed by atoms with Crippen molar-refractivity contribution in [2.24, 2.45) is 0 Å². The maximum atomic E-state index is 12.8. The van der Waals surface area contributed by atoms with E-state index in [4.69, 9.17) is 11.6 Å². The first-order chi connectivity index (χ1) is 13.4. The third-order valence-electron chi connectivity index (χ3n) is 4.71. The van der Waals surface area contributed by atoms with Crippen molar-refractivity contribution < 1.29 is 4.79 Å². The normalized spacial score (nSPS) is 12.1. The number of carbonyl (C=O) groups is 1. The second-order valence-corrected chi connectivity index (χ2v) is 7.21. The lowest BCUT2D eigenvalue weighted by molar-refractivity contribution is -0.122. The van der Waals surface area contributed by atoms with E-state index in [1.807, 2.05) is 26.0 Å². The Bertz CT molecular complexity index is 1120. The van der Waals surface area contributed by atoms with Gasteiger partial charge in [-0.1, -0.05) is 42.8 Å². The number of hydrogen-bond acceptors (Lipinski definition) is 3. The van der Waals surface area contributed by atoms with Crippen LogP contribution in [0, 0.1) is 0 Å². The van der Waals surface area contributed by atoms with Crippen LogP contribution in [0.3, 0.4) is 0 Å². The number of nitrogens with one attached hydrogen (secondary N) is 1. The first kappa shape index (κ1) is 19.9. The van der Waals surface area contributed by atoms with Crippen molar-refractivity contribution >= 4 is 28.5 Å². The average molecular weight is 400 g/mol. The highest BCUT2D eigenvalue weighted by atomic mass is 35.5. The Balaban J connectivity index is 2.07. The van der Waals surface area contributed by atoms with E-state index in [1.54, 1.807) is 36.4 Å². The van der Waals surface area contributed by atoms with E-state index >= 15 is 0 Å². The molecule has 0 unspecified atom stereocenters. The van der Waals surface area contributed by atoms with E-state index in [0.29, 0.717) is 16.1 Å². The molecule has 0 aliphatic heterocycles. The number of carbonyl (C=O) groups excluding carboxylic acids is 1. The second kappa shape index (κ2) is 8.44. The number of rotatable bonds is 6. The highest BCUT2D eigenvalue weighted by Gasteiger charge is 2.16. The second-order valence-electron chi connectivity index (χ2n) is 6.77. The van der Waals surface area contributed by atoms with Crippen molar-refractivity contribution in [3.63, 3.8) is 0 Å². The molecule has 1 heterocycles. The Kier molecular flexibility index (Phi) is 5.99. The summed E-state index contributed by atoms with van der Waals surface area (Å²) in [6, 6.07) is 14.2. The predicted octanol–water partition coefficient (Wildman–Crippen LogP) is 2.78. The van der Waals surface area contributed by atoms with Gasteiger partial charge in [-0.05, 0) is 43.2 Å². The molecule has 6 nitrogen and oxygen atoms in total. The fourth-order valence-electron chi connectivity index (χ4n) is 3.02. The van der Waals surface area contributed by atoms with Gasteiger partial charge in [0.25, 0.3) is 0 Å². The Morgan fingerprint density at radius 2 is 1.57 bits per heavy atom. The third-order valence-corrected chi connectivity index (χ3v) is 4.96. The van der Waals surface area contributed by atoms with Crippen LogP contribution in [-0.4, -0.2) is 21.1 Å². The summed E-state index contributed by atoms with van der Waals surface area (Å²) in [5.74, 6) is -0.295. The van der Waals surface area contributed by atoms with Gasteiger partial charge >= 0.3 is 11.1 Å². The smallest absolute Gasteiger partial charge is 0.317 e. The molecule has 1 amide bonds. The van der Waals surface area contributed by atoms with Gasteiger partial charge in [-0.2, -0.15) is 0 Å². The number of hydrogen-bond donors (Lipinski definition) is 1. The fourth-order valence-corrected chi connectivity index (χ4v) is 3.15. The molecular formula is C21H22ClN3O3.